The summed E-state index contributed by atoms with van der Waals surface area (Å²) >= 11 is 7.80. The molecular formula is C16H26ClNS. The normalized spacial score (nSPS) is 26.4. The molecule has 0 bridgehead atoms. The summed E-state index contributed by atoms with van der Waals surface area (Å²) in [5, 5.41) is 3.51. The summed E-state index contributed by atoms with van der Waals surface area (Å²) in [6.07, 6.45) is 5.41. The molecule has 0 saturated heterocycles. The molecule has 2 rings (SSSR count). The van der Waals surface area contributed by atoms with E-state index in [9.17, 15) is 0 Å². The fourth-order valence-corrected chi connectivity index (χ4v) is 4.69. The van der Waals surface area contributed by atoms with Crippen LogP contribution >= 0.6 is 22.9 Å². The predicted molar refractivity (Wildman–Crippen MR) is 86.0 cm³/mol. The number of hydrogen-bond acceptors (Lipinski definition) is 2. The van der Waals surface area contributed by atoms with Crippen LogP contribution in [0.15, 0.2) is 12.1 Å². The molecule has 1 aromatic rings. The standard InChI is InChI=1S/C16H26ClNS/c1-16(2,3)12-7-5-11(6-8-12)15(18-4)13-9-10-14(17)19-13/h9-12,15,18H,5-8H2,1-4H3. The van der Waals surface area contributed by atoms with Gasteiger partial charge in [-0.15, -0.1) is 11.3 Å². The van der Waals surface area contributed by atoms with Crippen LogP contribution in [0, 0.1) is 17.3 Å². The van der Waals surface area contributed by atoms with E-state index in [0.29, 0.717) is 11.5 Å². The Morgan fingerprint density at radius 2 is 1.84 bits per heavy atom. The smallest absolute Gasteiger partial charge is 0.0931 e. The van der Waals surface area contributed by atoms with Gasteiger partial charge in [-0.25, -0.2) is 0 Å². The van der Waals surface area contributed by atoms with Gasteiger partial charge in [0.15, 0.2) is 0 Å². The number of rotatable bonds is 3. The van der Waals surface area contributed by atoms with Gasteiger partial charge in [0.2, 0.25) is 0 Å². The molecule has 0 amide bonds. The lowest BCUT2D eigenvalue weighted by Crippen LogP contribution is -2.31. The minimum atomic E-state index is 0.465. The Morgan fingerprint density at radius 1 is 1.21 bits per heavy atom. The molecule has 1 nitrogen and oxygen atoms in total. The van der Waals surface area contributed by atoms with Gasteiger partial charge in [-0.2, -0.15) is 0 Å². The van der Waals surface area contributed by atoms with Crippen LogP contribution in [-0.4, -0.2) is 7.05 Å². The van der Waals surface area contributed by atoms with E-state index in [1.807, 2.05) is 6.07 Å². The van der Waals surface area contributed by atoms with E-state index in [4.69, 9.17) is 11.6 Å². The van der Waals surface area contributed by atoms with Crippen LogP contribution in [-0.2, 0) is 0 Å². The van der Waals surface area contributed by atoms with Crippen molar-refractivity contribution in [3.8, 4) is 0 Å². The van der Waals surface area contributed by atoms with Gasteiger partial charge in [0.25, 0.3) is 0 Å². The van der Waals surface area contributed by atoms with Gasteiger partial charge in [-0.3, -0.25) is 0 Å². The first-order valence-electron chi connectivity index (χ1n) is 7.34. The lowest BCUT2D eigenvalue weighted by atomic mass is 9.68. The molecule has 1 aliphatic rings. The second-order valence-corrected chi connectivity index (χ2v) is 8.63. The van der Waals surface area contributed by atoms with Crippen molar-refractivity contribution in [2.24, 2.45) is 17.3 Å². The first-order chi connectivity index (χ1) is 8.91. The lowest BCUT2D eigenvalue weighted by Gasteiger charge is -2.39. The fraction of sp³-hybridized carbons (Fsp3) is 0.750. The average Bonchev–Trinajstić information content (AvgIpc) is 2.76. The highest BCUT2D eigenvalue weighted by atomic mass is 35.5. The van der Waals surface area contributed by atoms with Crippen molar-refractivity contribution in [1.82, 2.24) is 5.32 Å². The van der Waals surface area contributed by atoms with Crippen LogP contribution in [0.1, 0.15) is 57.4 Å². The van der Waals surface area contributed by atoms with Gasteiger partial charge in [-0.05, 0) is 62.1 Å². The van der Waals surface area contributed by atoms with Crippen LogP contribution in [0.2, 0.25) is 4.34 Å². The van der Waals surface area contributed by atoms with E-state index in [1.54, 1.807) is 11.3 Å². The summed E-state index contributed by atoms with van der Waals surface area (Å²) < 4.78 is 0.902. The molecule has 1 heterocycles. The third kappa shape index (κ3) is 3.74. The summed E-state index contributed by atoms with van der Waals surface area (Å²) in [6, 6.07) is 4.69. The Bertz CT molecular complexity index is 399. The maximum atomic E-state index is 6.07. The van der Waals surface area contributed by atoms with E-state index in [-0.39, 0.29) is 0 Å². The third-order valence-electron chi connectivity index (χ3n) is 4.68. The van der Waals surface area contributed by atoms with Gasteiger partial charge in [0, 0.05) is 10.9 Å². The molecule has 0 aromatic carbocycles. The van der Waals surface area contributed by atoms with Gasteiger partial charge < -0.3 is 5.32 Å². The number of hydrogen-bond donors (Lipinski definition) is 1. The number of nitrogens with one attached hydrogen (secondary N) is 1. The molecule has 19 heavy (non-hydrogen) atoms. The Balaban J connectivity index is 1.99. The first-order valence-corrected chi connectivity index (χ1v) is 8.53. The molecule has 1 unspecified atom stereocenters. The number of halogens is 1. The minimum absolute atomic E-state index is 0.465. The molecule has 1 aromatic heterocycles. The van der Waals surface area contributed by atoms with E-state index >= 15 is 0 Å². The Hall–Kier alpha value is -0.0500. The minimum Gasteiger partial charge on any atom is -0.312 e. The van der Waals surface area contributed by atoms with E-state index in [1.165, 1.54) is 30.6 Å². The van der Waals surface area contributed by atoms with E-state index < -0.39 is 0 Å². The van der Waals surface area contributed by atoms with Crippen LogP contribution in [0.25, 0.3) is 0 Å². The largest absolute Gasteiger partial charge is 0.312 e. The summed E-state index contributed by atoms with van der Waals surface area (Å²) in [7, 11) is 2.08. The quantitative estimate of drug-likeness (QED) is 0.775. The maximum absolute atomic E-state index is 6.07. The molecule has 108 valence electrons. The van der Waals surface area contributed by atoms with E-state index in [2.05, 4.69) is 39.2 Å². The Morgan fingerprint density at radius 3 is 2.26 bits per heavy atom. The summed E-state index contributed by atoms with van der Waals surface area (Å²) in [6.45, 7) is 7.14. The Labute approximate surface area is 126 Å². The summed E-state index contributed by atoms with van der Waals surface area (Å²) in [4.78, 5) is 1.40. The third-order valence-corrected chi connectivity index (χ3v) is 5.99. The zero-order chi connectivity index (χ0) is 14.0. The van der Waals surface area contributed by atoms with Crippen LogP contribution in [0.4, 0.5) is 0 Å². The van der Waals surface area contributed by atoms with Crippen LogP contribution in [0.5, 0.6) is 0 Å². The molecular weight excluding hydrogens is 274 g/mol. The molecule has 0 aliphatic heterocycles. The van der Waals surface area contributed by atoms with Crippen molar-refractivity contribution in [2.45, 2.75) is 52.5 Å². The summed E-state index contributed by atoms with van der Waals surface area (Å²) in [5.74, 6) is 1.64. The lowest BCUT2D eigenvalue weighted by molar-refractivity contribution is 0.135. The zero-order valence-electron chi connectivity index (χ0n) is 12.5. The SMILES string of the molecule is CNC(c1ccc(Cl)s1)C1CCC(C(C)(C)C)CC1. The fourth-order valence-electron chi connectivity index (χ4n) is 3.42. The van der Waals surface area contributed by atoms with Crippen molar-refractivity contribution in [3.05, 3.63) is 21.3 Å². The molecule has 1 aliphatic carbocycles. The van der Waals surface area contributed by atoms with Crippen molar-refractivity contribution in [1.29, 1.82) is 0 Å². The van der Waals surface area contributed by atoms with Gasteiger partial charge in [0.05, 0.1) is 4.34 Å². The molecule has 1 atom stereocenters. The molecule has 1 N–H and O–H groups in total. The summed E-state index contributed by atoms with van der Waals surface area (Å²) in [5.41, 5.74) is 0.465. The monoisotopic (exact) mass is 299 g/mol. The highest BCUT2D eigenvalue weighted by Gasteiger charge is 2.33. The van der Waals surface area contributed by atoms with Crippen LogP contribution in [0.3, 0.4) is 0 Å². The van der Waals surface area contributed by atoms with Gasteiger partial charge in [-0.1, -0.05) is 32.4 Å². The first kappa shape index (κ1) is 15.3. The zero-order valence-corrected chi connectivity index (χ0v) is 14.1. The van der Waals surface area contributed by atoms with Crippen molar-refractivity contribution >= 4 is 22.9 Å². The molecule has 0 spiro atoms. The average molecular weight is 300 g/mol. The predicted octanol–water partition coefficient (Wildman–Crippen LogP) is 5.51. The topological polar surface area (TPSA) is 12.0 Å². The second kappa shape index (κ2) is 6.15. The van der Waals surface area contributed by atoms with Crippen molar-refractivity contribution < 1.29 is 0 Å². The van der Waals surface area contributed by atoms with Gasteiger partial charge in [0.1, 0.15) is 0 Å². The van der Waals surface area contributed by atoms with Crippen molar-refractivity contribution in [3.63, 3.8) is 0 Å². The number of thiophene rings is 1. The van der Waals surface area contributed by atoms with E-state index in [0.717, 1.165) is 16.2 Å². The molecule has 1 saturated carbocycles. The molecule has 0 radical (unpaired) electrons. The highest BCUT2D eigenvalue weighted by molar-refractivity contribution is 7.16. The maximum Gasteiger partial charge on any atom is 0.0931 e. The van der Waals surface area contributed by atoms with Gasteiger partial charge >= 0.3 is 0 Å². The van der Waals surface area contributed by atoms with Crippen molar-refractivity contribution in [2.75, 3.05) is 7.05 Å². The second-order valence-electron chi connectivity index (χ2n) is 6.89. The Kier molecular flexibility index (Phi) is 4.97. The highest BCUT2D eigenvalue weighted by Crippen LogP contribution is 2.44. The molecule has 3 heteroatoms. The molecule has 1 fully saturated rings. The van der Waals surface area contributed by atoms with Crippen LogP contribution < -0.4 is 5.32 Å².